The predicted molar refractivity (Wildman–Crippen MR) is 93.0 cm³/mol. The van der Waals surface area contributed by atoms with Gasteiger partial charge in [0.2, 0.25) is 5.91 Å². The molecule has 0 saturated heterocycles. The molecule has 0 aliphatic heterocycles. The highest BCUT2D eigenvalue weighted by atomic mass is 35.5. The van der Waals surface area contributed by atoms with E-state index in [9.17, 15) is 4.79 Å². The van der Waals surface area contributed by atoms with E-state index < -0.39 is 0 Å². The van der Waals surface area contributed by atoms with Crippen LogP contribution in [0.25, 0.3) is 0 Å². The van der Waals surface area contributed by atoms with E-state index in [2.05, 4.69) is 10.6 Å². The number of hydrogen-bond acceptors (Lipinski definition) is 2. The summed E-state index contributed by atoms with van der Waals surface area (Å²) >= 11 is 17.8. The van der Waals surface area contributed by atoms with E-state index in [4.69, 9.17) is 34.8 Å². The molecule has 0 spiro atoms. The number of hydrogen-bond donors (Lipinski definition) is 2. The number of nitrogens with one attached hydrogen (secondary N) is 2. The van der Waals surface area contributed by atoms with Gasteiger partial charge in [0.05, 0.1) is 17.3 Å². The van der Waals surface area contributed by atoms with Crippen LogP contribution < -0.4 is 10.6 Å². The minimum absolute atomic E-state index is 0.00476. The van der Waals surface area contributed by atoms with Gasteiger partial charge in [-0.3, -0.25) is 4.79 Å². The first-order valence-electron chi connectivity index (χ1n) is 6.69. The Balaban J connectivity index is 1.90. The van der Waals surface area contributed by atoms with E-state index in [0.717, 1.165) is 5.56 Å². The maximum absolute atomic E-state index is 12.0. The second-order valence-corrected chi connectivity index (χ2v) is 6.11. The molecule has 2 N–H and O–H groups in total. The number of halogens is 3. The number of benzene rings is 2. The number of carbonyl (C=O) groups is 1. The quantitative estimate of drug-likeness (QED) is 0.796. The molecule has 0 fully saturated rings. The molecular formula is C16H15Cl3N2O. The lowest BCUT2D eigenvalue weighted by atomic mass is 10.1. The Bertz CT molecular complexity index is 676. The van der Waals surface area contributed by atoms with Gasteiger partial charge in [-0.05, 0) is 42.8 Å². The van der Waals surface area contributed by atoms with E-state index in [0.29, 0.717) is 20.8 Å². The monoisotopic (exact) mass is 356 g/mol. The number of amides is 1. The van der Waals surface area contributed by atoms with Crippen LogP contribution in [-0.2, 0) is 4.79 Å². The zero-order chi connectivity index (χ0) is 16.1. The van der Waals surface area contributed by atoms with Crippen molar-refractivity contribution in [2.75, 3.05) is 11.9 Å². The molecule has 0 bridgehead atoms. The van der Waals surface area contributed by atoms with Crippen LogP contribution in [-0.4, -0.2) is 12.5 Å². The van der Waals surface area contributed by atoms with E-state index in [1.165, 1.54) is 0 Å². The molecule has 2 aromatic rings. The number of rotatable bonds is 5. The zero-order valence-corrected chi connectivity index (χ0v) is 14.1. The summed E-state index contributed by atoms with van der Waals surface area (Å²) in [6.07, 6.45) is 0. The summed E-state index contributed by atoms with van der Waals surface area (Å²) in [7, 11) is 0. The summed E-state index contributed by atoms with van der Waals surface area (Å²) in [5.74, 6) is -0.182. The summed E-state index contributed by atoms with van der Waals surface area (Å²) in [6.45, 7) is 2.13. The van der Waals surface area contributed by atoms with Crippen LogP contribution in [0.1, 0.15) is 18.5 Å². The van der Waals surface area contributed by atoms with Crippen molar-refractivity contribution in [3.05, 3.63) is 63.1 Å². The Kier molecular flexibility index (Phi) is 6.09. The molecule has 1 amide bonds. The highest BCUT2D eigenvalue weighted by molar-refractivity contribution is 6.36. The molecule has 2 rings (SSSR count). The third-order valence-electron chi connectivity index (χ3n) is 3.12. The Morgan fingerprint density at radius 2 is 1.82 bits per heavy atom. The lowest BCUT2D eigenvalue weighted by Gasteiger charge is -2.15. The van der Waals surface area contributed by atoms with E-state index in [-0.39, 0.29) is 18.5 Å². The third kappa shape index (κ3) is 4.89. The van der Waals surface area contributed by atoms with Crippen molar-refractivity contribution in [1.29, 1.82) is 0 Å². The maximum atomic E-state index is 12.0. The second-order valence-electron chi connectivity index (χ2n) is 4.83. The molecule has 0 aliphatic rings. The van der Waals surface area contributed by atoms with Crippen LogP contribution in [0.3, 0.4) is 0 Å². The molecule has 2 aromatic carbocycles. The summed E-state index contributed by atoms with van der Waals surface area (Å²) < 4.78 is 0. The normalized spacial score (nSPS) is 12.0. The van der Waals surface area contributed by atoms with Crippen molar-refractivity contribution in [1.82, 2.24) is 5.32 Å². The molecule has 0 aromatic heterocycles. The standard InChI is InChI=1S/C16H15Cl3N2O/c1-10(11-3-2-4-12(17)7-11)20-9-16(22)21-15-6-5-13(18)8-14(15)19/h2-8,10,20H,9H2,1H3,(H,21,22)/t10-/m0/s1. The molecule has 3 nitrogen and oxygen atoms in total. The van der Waals surface area contributed by atoms with Crippen LogP contribution in [0.2, 0.25) is 15.1 Å². The Hall–Kier alpha value is -1.26. The van der Waals surface area contributed by atoms with Gasteiger partial charge in [0.15, 0.2) is 0 Å². The van der Waals surface area contributed by atoms with Gasteiger partial charge in [-0.2, -0.15) is 0 Å². The van der Waals surface area contributed by atoms with Gasteiger partial charge in [0.25, 0.3) is 0 Å². The molecule has 0 saturated carbocycles. The van der Waals surface area contributed by atoms with E-state index in [1.807, 2.05) is 31.2 Å². The van der Waals surface area contributed by atoms with Gasteiger partial charge in [0, 0.05) is 16.1 Å². The van der Waals surface area contributed by atoms with Gasteiger partial charge in [-0.15, -0.1) is 0 Å². The van der Waals surface area contributed by atoms with Crippen LogP contribution in [0.15, 0.2) is 42.5 Å². The molecule has 22 heavy (non-hydrogen) atoms. The molecule has 116 valence electrons. The Morgan fingerprint density at radius 1 is 1.09 bits per heavy atom. The molecule has 0 aliphatic carbocycles. The molecular weight excluding hydrogens is 343 g/mol. The highest BCUT2D eigenvalue weighted by Gasteiger charge is 2.10. The maximum Gasteiger partial charge on any atom is 0.238 e. The predicted octanol–water partition coefficient (Wildman–Crippen LogP) is 4.94. The first-order valence-corrected chi connectivity index (χ1v) is 7.83. The van der Waals surface area contributed by atoms with Crippen LogP contribution in [0.4, 0.5) is 5.69 Å². The average molecular weight is 358 g/mol. The van der Waals surface area contributed by atoms with Gasteiger partial charge in [-0.1, -0.05) is 46.9 Å². The van der Waals surface area contributed by atoms with Gasteiger partial charge in [-0.25, -0.2) is 0 Å². The minimum Gasteiger partial charge on any atom is -0.324 e. The third-order valence-corrected chi connectivity index (χ3v) is 3.91. The van der Waals surface area contributed by atoms with Crippen molar-refractivity contribution >= 4 is 46.4 Å². The van der Waals surface area contributed by atoms with E-state index >= 15 is 0 Å². The van der Waals surface area contributed by atoms with Crippen molar-refractivity contribution in [3.63, 3.8) is 0 Å². The fraction of sp³-hybridized carbons (Fsp3) is 0.188. The fourth-order valence-corrected chi connectivity index (χ4v) is 2.58. The largest absolute Gasteiger partial charge is 0.324 e. The van der Waals surface area contributed by atoms with E-state index in [1.54, 1.807) is 18.2 Å². The smallest absolute Gasteiger partial charge is 0.238 e. The number of carbonyl (C=O) groups excluding carboxylic acids is 1. The zero-order valence-electron chi connectivity index (χ0n) is 11.9. The van der Waals surface area contributed by atoms with Crippen LogP contribution in [0.5, 0.6) is 0 Å². The first kappa shape index (κ1) is 17.1. The molecule has 1 atom stereocenters. The molecule has 0 radical (unpaired) electrons. The van der Waals surface area contributed by atoms with Gasteiger partial charge in [0.1, 0.15) is 0 Å². The summed E-state index contributed by atoms with van der Waals surface area (Å²) in [6, 6.07) is 12.4. The first-order chi connectivity index (χ1) is 10.5. The highest BCUT2D eigenvalue weighted by Crippen LogP contribution is 2.25. The van der Waals surface area contributed by atoms with Crippen LogP contribution >= 0.6 is 34.8 Å². The lowest BCUT2D eigenvalue weighted by Crippen LogP contribution is -2.30. The summed E-state index contributed by atoms with van der Waals surface area (Å²) in [5, 5.41) is 7.47. The molecule has 6 heteroatoms. The van der Waals surface area contributed by atoms with Crippen molar-refractivity contribution < 1.29 is 4.79 Å². The fourth-order valence-electron chi connectivity index (χ4n) is 1.92. The second kappa shape index (κ2) is 7.84. The summed E-state index contributed by atoms with van der Waals surface area (Å²) in [4.78, 5) is 12.0. The molecule has 0 unspecified atom stereocenters. The average Bonchev–Trinajstić information content (AvgIpc) is 2.47. The summed E-state index contributed by atoms with van der Waals surface area (Å²) in [5.41, 5.74) is 1.55. The Morgan fingerprint density at radius 3 is 2.50 bits per heavy atom. The van der Waals surface area contributed by atoms with Gasteiger partial charge < -0.3 is 10.6 Å². The van der Waals surface area contributed by atoms with Crippen molar-refractivity contribution in [2.45, 2.75) is 13.0 Å². The van der Waals surface area contributed by atoms with Crippen LogP contribution in [0, 0.1) is 0 Å². The van der Waals surface area contributed by atoms with Gasteiger partial charge >= 0.3 is 0 Å². The minimum atomic E-state index is -0.182. The topological polar surface area (TPSA) is 41.1 Å². The molecule has 0 heterocycles. The number of anilines is 1. The van der Waals surface area contributed by atoms with Crippen molar-refractivity contribution in [3.8, 4) is 0 Å². The SMILES string of the molecule is C[C@H](NCC(=O)Nc1ccc(Cl)cc1Cl)c1cccc(Cl)c1. The lowest BCUT2D eigenvalue weighted by molar-refractivity contribution is -0.115. The Labute approximate surface area is 144 Å². The van der Waals surface area contributed by atoms with Crippen molar-refractivity contribution in [2.24, 2.45) is 0 Å².